The standard InChI is InChI=1S/C32H28N2O8/c1-34(2)26-21-12-15-11-20-19(18-8-7-14(13-35)16-5-3-4-6-17(16)18)9-10-22(36)24(20)27(37)23(15)29(39)32(21,42)30(40)25(28(26)38)31(33)41/h3-10,13,15,21,23,25-26,36,42H,11-12H2,1-2H3,(H2,33,41)/t15-,21-,23?,25?,26-,32-/m0/s1. The van der Waals surface area contributed by atoms with Crippen LogP contribution in [0.4, 0.5) is 0 Å². The van der Waals surface area contributed by atoms with Gasteiger partial charge in [-0.1, -0.05) is 42.5 Å². The molecule has 214 valence electrons. The number of primary amides is 1. The number of Topliss-reactive ketones (excluding diaryl/α,β-unsaturated/α-hetero) is 4. The fraction of sp³-hybridized carbons (Fsp3) is 0.312. The summed E-state index contributed by atoms with van der Waals surface area (Å²) < 4.78 is 0. The van der Waals surface area contributed by atoms with Gasteiger partial charge in [-0.15, -0.1) is 0 Å². The van der Waals surface area contributed by atoms with E-state index in [1.165, 1.54) is 11.0 Å². The molecular formula is C32H28N2O8. The molecule has 10 heteroatoms. The number of hydrogen-bond acceptors (Lipinski definition) is 9. The van der Waals surface area contributed by atoms with Crippen molar-refractivity contribution in [3.8, 4) is 16.9 Å². The van der Waals surface area contributed by atoms with Crippen molar-refractivity contribution < 1.29 is 39.0 Å². The maximum Gasteiger partial charge on any atom is 0.235 e. The third kappa shape index (κ3) is 3.58. The Morgan fingerprint density at radius 1 is 0.976 bits per heavy atom. The number of aliphatic hydroxyl groups is 1. The first-order valence-corrected chi connectivity index (χ1v) is 13.6. The van der Waals surface area contributed by atoms with Crippen LogP contribution in [0.25, 0.3) is 21.9 Å². The van der Waals surface area contributed by atoms with Gasteiger partial charge < -0.3 is 15.9 Å². The molecule has 3 aromatic carbocycles. The molecule has 2 fully saturated rings. The minimum Gasteiger partial charge on any atom is -0.507 e. The Balaban J connectivity index is 1.53. The summed E-state index contributed by atoms with van der Waals surface area (Å²) in [6.45, 7) is 0. The second kappa shape index (κ2) is 9.50. The molecule has 1 amide bonds. The molecule has 0 aromatic heterocycles. The fourth-order valence-corrected chi connectivity index (χ4v) is 7.52. The highest BCUT2D eigenvalue weighted by Gasteiger charge is 2.69. The van der Waals surface area contributed by atoms with E-state index in [1.807, 2.05) is 24.3 Å². The number of fused-ring (bicyclic) bond motifs is 4. The third-order valence-corrected chi connectivity index (χ3v) is 9.32. The number of carbonyl (C=O) groups excluding carboxylic acids is 6. The zero-order valence-electron chi connectivity index (χ0n) is 22.9. The quantitative estimate of drug-likeness (QED) is 0.311. The van der Waals surface area contributed by atoms with Crippen molar-refractivity contribution in [1.82, 2.24) is 4.90 Å². The Kier molecular flexibility index (Phi) is 6.25. The first-order valence-electron chi connectivity index (χ1n) is 13.6. The number of nitrogens with two attached hydrogens (primary N) is 1. The minimum absolute atomic E-state index is 0.0379. The SMILES string of the molecule is CN(C)[C@@H]1C(=O)C(C(N)=O)C(=O)[C@@]2(O)C(=O)C3C(=O)c4c(O)ccc(-c5ccc(C=O)c6ccccc56)c4C[C@H]3C[C@@H]12. The Morgan fingerprint density at radius 3 is 2.29 bits per heavy atom. The predicted octanol–water partition coefficient (Wildman–Crippen LogP) is 1.50. The van der Waals surface area contributed by atoms with Crippen LogP contribution in [0.3, 0.4) is 0 Å². The van der Waals surface area contributed by atoms with Gasteiger partial charge in [-0.2, -0.15) is 0 Å². The third-order valence-electron chi connectivity index (χ3n) is 9.32. The molecule has 0 bridgehead atoms. The van der Waals surface area contributed by atoms with Gasteiger partial charge in [0.05, 0.1) is 17.5 Å². The summed E-state index contributed by atoms with van der Waals surface area (Å²) in [6.07, 6.45) is 0.862. The van der Waals surface area contributed by atoms with Crippen LogP contribution in [0.1, 0.15) is 32.7 Å². The van der Waals surface area contributed by atoms with E-state index >= 15 is 0 Å². The zero-order chi connectivity index (χ0) is 30.2. The number of hydrogen-bond donors (Lipinski definition) is 3. The van der Waals surface area contributed by atoms with Crippen LogP contribution >= 0.6 is 0 Å². The van der Waals surface area contributed by atoms with Crippen molar-refractivity contribution in [2.24, 2.45) is 29.4 Å². The van der Waals surface area contributed by atoms with Crippen LogP contribution in [0.2, 0.25) is 0 Å². The highest BCUT2D eigenvalue weighted by Crippen LogP contribution is 2.52. The van der Waals surface area contributed by atoms with Crippen molar-refractivity contribution >= 4 is 46.1 Å². The van der Waals surface area contributed by atoms with E-state index < -0.39 is 64.4 Å². The largest absolute Gasteiger partial charge is 0.507 e. The normalized spacial score (nSPS) is 28.8. The number of rotatable bonds is 4. The smallest absolute Gasteiger partial charge is 0.235 e. The Bertz CT molecular complexity index is 1760. The van der Waals surface area contributed by atoms with Crippen molar-refractivity contribution in [1.29, 1.82) is 0 Å². The number of aldehydes is 1. The molecule has 3 aromatic rings. The molecule has 10 nitrogen and oxygen atoms in total. The van der Waals surface area contributed by atoms with Gasteiger partial charge in [0, 0.05) is 11.5 Å². The number of aromatic hydroxyl groups is 1. The molecule has 0 radical (unpaired) electrons. The van der Waals surface area contributed by atoms with E-state index in [-0.39, 0.29) is 24.2 Å². The summed E-state index contributed by atoms with van der Waals surface area (Å²) in [4.78, 5) is 80.0. The number of phenolic OH excluding ortho intramolecular Hbond substituents is 1. The average Bonchev–Trinajstić information content (AvgIpc) is 2.94. The molecule has 0 aliphatic heterocycles. The average molecular weight is 569 g/mol. The first-order chi connectivity index (χ1) is 19.9. The minimum atomic E-state index is -2.77. The number of phenols is 1. The molecule has 6 atom stereocenters. The lowest BCUT2D eigenvalue weighted by atomic mass is 9.52. The maximum atomic E-state index is 14.0. The predicted molar refractivity (Wildman–Crippen MR) is 150 cm³/mol. The summed E-state index contributed by atoms with van der Waals surface area (Å²) in [7, 11) is 3.08. The van der Waals surface area contributed by atoms with Gasteiger partial charge in [0.1, 0.15) is 5.75 Å². The van der Waals surface area contributed by atoms with Crippen LogP contribution in [0, 0.1) is 23.7 Å². The van der Waals surface area contributed by atoms with Gasteiger partial charge in [0.15, 0.2) is 40.9 Å². The van der Waals surface area contributed by atoms with E-state index in [1.54, 1.807) is 32.3 Å². The molecule has 2 saturated carbocycles. The van der Waals surface area contributed by atoms with Crippen LogP contribution in [-0.4, -0.2) is 76.2 Å². The zero-order valence-corrected chi connectivity index (χ0v) is 22.9. The van der Waals surface area contributed by atoms with Crippen molar-refractivity contribution in [3.05, 3.63) is 65.2 Å². The van der Waals surface area contributed by atoms with Crippen LogP contribution in [0.5, 0.6) is 5.75 Å². The lowest BCUT2D eigenvalue weighted by Gasteiger charge is -2.52. The van der Waals surface area contributed by atoms with Gasteiger partial charge >= 0.3 is 0 Å². The second-order valence-corrected chi connectivity index (χ2v) is 11.6. The van der Waals surface area contributed by atoms with Gasteiger partial charge in [-0.05, 0) is 66.4 Å². The summed E-state index contributed by atoms with van der Waals surface area (Å²) >= 11 is 0. The molecule has 2 unspecified atom stereocenters. The van der Waals surface area contributed by atoms with E-state index in [4.69, 9.17) is 5.73 Å². The topological polar surface area (TPSA) is 172 Å². The van der Waals surface area contributed by atoms with Crippen molar-refractivity contribution in [2.75, 3.05) is 14.1 Å². The molecule has 3 aliphatic rings. The highest BCUT2D eigenvalue weighted by atomic mass is 16.3. The molecule has 42 heavy (non-hydrogen) atoms. The van der Waals surface area contributed by atoms with E-state index in [9.17, 15) is 39.0 Å². The number of carbonyl (C=O) groups is 6. The van der Waals surface area contributed by atoms with Crippen molar-refractivity contribution in [3.63, 3.8) is 0 Å². The first kappa shape index (κ1) is 27.6. The van der Waals surface area contributed by atoms with Gasteiger partial charge in [-0.25, -0.2) is 0 Å². The van der Waals surface area contributed by atoms with Crippen LogP contribution in [0.15, 0.2) is 48.5 Å². The van der Waals surface area contributed by atoms with Crippen LogP contribution in [-0.2, 0) is 25.6 Å². The van der Waals surface area contributed by atoms with E-state index in [0.29, 0.717) is 22.1 Å². The fourth-order valence-electron chi connectivity index (χ4n) is 7.52. The lowest BCUT2D eigenvalue weighted by Crippen LogP contribution is -2.74. The van der Waals surface area contributed by atoms with Gasteiger partial charge in [-0.3, -0.25) is 33.7 Å². The van der Waals surface area contributed by atoms with Crippen molar-refractivity contribution in [2.45, 2.75) is 24.5 Å². The molecule has 0 saturated heterocycles. The molecule has 0 spiro atoms. The van der Waals surface area contributed by atoms with Gasteiger partial charge in [0.2, 0.25) is 5.91 Å². The molecule has 4 N–H and O–H groups in total. The highest BCUT2D eigenvalue weighted by molar-refractivity contribution is 6.32. The van der Waals surface area contributed by atoms with Crippen LogP contribution < -0.4 is 5.73 Å². The molecular weight excluding hydrogens is 540 g/mol. The number of ketones is 4. The number of benzene rings is 3. The van der Waals surface area contributed by atoms with E-state index in [0.717, 1.165) is 17.2 Å². The Morgan fingerprint density at radius 2 is 1.64 bits per heavy atom. The number of nitrogens with zero attached hydrogens (tertiary/aromatic N) is 1. The second-order valence-electron chi connectivity index (χ2n) is 11.6. The monoisotopic (exact) mass is 568 g/mol. The maximum absolute atomic E-state index is 14.0. The van der Waals surface area contributed by atoms with Gasteiger partial charge in [0.25, 0.3) is 0 Å². The summed E-state index contributed by atoms with van der Waals surface area (Å²) in [5, 5.41) is 24.1. The number of likely N-dealkylation sites (N-methyl/N-ethyl adjacent to an activating group) is 1. The lowest BCUT2D eigenvalue weighted by molar-refractivity contribution is -0.181. The molecule has 0 heterocycles. The Hall–Kier alpha value is -4.54. The number of amides is 1. The molecule has 6 rings (SSSR count). The molecule has 3 aliphatic carbocycles. The summed E-state index contributed by atoms with van der Waals surface area (Å²) in [5.41, 5.74) is 4.85. The van der Waals surface area contributed by atoms with E-state index in [2.05, 4.69) is 0 Å². The Labute approximate surface area is 240 Å². The summed E-state index contributed by atoms with van der Waals surface area (Å²) in [6, 6.07) is 12.6. The summed E-state index contributed by atoms with van der Waals surface area (Å²) in [5.74, 6) is -10.9.